The summed E-state index contributed by atoms with van der Waals surface area (Å²) in [5, 5.41) is 0.472. The fourth-order valence-corrected chi connectivity index (χ4v) is 2.64. The van der Waals surface area contributed by atoms with Gasteiger partial charge in [-0.15, -0.1) is 0 Å². The number of hydrogen-bond donors (Lipinski definition) is 0. The zero-order valence-electron chi connectivity index (χ0n) is 11.3. The van der Waals surface area contributed by atoms with Gasteiger partial charge in [-0.25, -0.2) is 4.98 Å². The van der Waals surface area contributed by atoms with Crippen molar-refractivity contribution in [1.82, 2.24) is 9.97 Å². The second kappa shape index (κ2) is 5.34. The van der Waals surface area contributed by atoms with Crippen LogP contribution in [-0.2, 0) is 0 Å². The quantitative estimate of drug-likeness (QED) is 0.713. The minimum Gasteiger partial charge on any atom is -0.437 e. The number of ether oxygens (including phenoxy) is 1. The fourth-order valence-electron chi connectivity index (χ4n) is 1.90. The summed E-state index contributed by atoms with van der Waals surface area (Å²) in [6, 6.07) is 5.93. The first-order valence-corrected chi connectivity index (χ1v) is 7.69. The number of aryl methyl sites for hydroxylation is 1. The highest BCUT2D eigenvalue weighted by Gasteiger charge is 2.28. The van der Waals surface area contributed by atoms with Crippen LogP contribution in [0.3, 0.4) is 0 Å². The third kappa shape index (κ3) is 2.81. The normalized spacial score (nSPS) is 14.4. The molecule has 5 heteroatoms. The molecule has 20 heavy (non-hydrogen) atoms. The Balaban J connectivity index is 1.97. The molecule has 3 rings (SSSR count). The molecule has 0 amide bonds. The van der Waals surface area contributed by atoms with Crippen LogP contribution in [0.1, 0.15) is 35.7 Å². The Morgan fingerprint density at radius 2 is 2.00 bits per heavy atom. The van der Waals surface area contributed by atoms with Gasteiger partial charge in [0.1, 0.15) is 16.7 Å². The standard InChI is InChI=1S/C15H14BrClN2O/c1-8-3-6-12(11(16)7-8)20-15-9(2)13(17)18-14(19-15)10-4-5-10/h3,6-7,10H,4-5H2,1-2H3. The summed E-state index contributed by atoms with van der Waals surface area (Å²) < 4.78 is 6.81. The van der Waals surface area contributed by atoms with E-state index in [2.05, 4.69) is 25.9 Å². The highest BCUT2D eigenvalue weighted by molar-refractivity contribution is 9.10. The highest BCUT2D eigenvalue weighted by atomic mass is 79.9. The fraction of sp³-hybridized carbons (Fsp3) is 0.333. The molecule has 0 spiro atoms. The van der Waals surface area contributed by atoms with E-state index >= 15 is 0 Å². The number of rotatable bonds is 3. The summed E-state index contributed by atoms with van der Waals surface area (Å²) in [7, 11) is 0. The third-order valence-electron chi connectivity index (χ3n) is 3.30. The van der Waals surface area contributed by atoms with Crippen molar-refractivity contribution in [2.75, 3.05) is 0 Å². The molecule has 0 unspecified atom stereocenters. The van der Waals surface area contributed by atoms with Gasteiger partial charge >= 0.3 is 0 Å². The molecule has 1 aliphatic rings. The van der Waals surface area contributed by atoms with E-state index in [-0.39, 0.29) is 0 Å². The minimum absolute atomic E-state index is 0.442. The maximum atomic E-state index is 6.18. The summed E-state index contributed by atoms with van der Waals surface area (Å²) >= 11 is 9.69. The Hall–Kier alpha value is -1.13. The summed E-state index contributed by atoms with van der Waals surface area (Å²) in [6.07, 6.45) is 2.26. The molecule has 1 aromatic heterocycles. The lowest BCUT2D eigenvalue weighted by Gasteiger charge is -2.11. The Morgan fingerprint density at radius 1 is 1.25 bits per heavy atom. The van der Waals surface area contributed by atoms with Crippen LogP contribution in [0.2, 0.25) is 5.15 Å². The van der Waals surface area contributed by atoms with Crippen LogP contribution in [0.4, 0.5) is 0 Å². The smallest absolute Gasteiger partial charge is 0.227 e. The number of hydrogen-bond acceptors (Lipinski definition) is 3. The van der Waals surface area contributed by atoms with E-state index in [9.17, 15) is 0 Å². The summed E-state index contributed by atoms with van der Waals surface area (Å²) in [5.41, 5.74) is 1.93. The second-order valence-corrected chi connectivity index (χ2v) is 6.33. The van der Waals surface area contributed by atoms with E-state index in [1.54, 1.807) is 0 Å². The molecular weight excluding hydrogens is 340 g/mol. The van der Waals surface area contributed by atoms with Crippen LogP contribution in [-0.4, -0.2) is 9.97 Å². The average molecular weight is 354 g/mol. The molecule has 0 saturated heterocycles. The SMILES string of the molecule is Cc1ccc(Oc2nc(C3CC3)nc(Cl)c2C)c(Br)c1. The van der Waals surface area contributed by atoms with Gasteiger partial charge < -0.3 is 4.74 Å². The number of halogens is 2. The Kier molecular flexibility index (Phi) is 3.69. The van der Waals surface area contributed by atoms with Crippen molar-refractivity contribution < 1.29 is 4.74 Å². The molecule has 0 aliphatic heterocycles. The molecule has 0 N–H and O–H groups in total. The van der Waals surface area contributed by atoms with E-state index in [1.165, 1.54) is 5.56 Å². The highest BCUT2D eigenvalue weighted by Crippen LogP contribution is 2.40. The van der Waals surface area contributed by atoms with Crippen molar-refractivity contribution in [3.05, 3.63) is 44.8 Å². The minimum atomic E-state index is 0.442. The van der Waals surface area contributed by atoms with Crippen molar-refractivity contribution in [3.63, 3.8) is 0 Å². The molecular formula is C15H14BrClN2O. The van der Waals surface area contributed by atoms with Gasteiger partial charge in [-0.05, 0) is 60.3 Å². The molecule has 104 valence electrons. The van der Waals surface area contributed by atoms with Crippen molar-refractivity contribution >= 4 is 27.5 Å². The molecule has 1 aromatic carbocycles. The van der Waals surface area contributed by atoms with Crippen LogP contribution in [0.15, 0.2) is 22.7 Å². The number of nitrogens with zero attached hydrogens (tertiary/aromatic N) is 2. The largest absolute Gasteiger partial charge is 0.437 e. The number of aromatic nitrogens is 2. The lowest BCUT2D eigenvalue weighted by molar-refractivity contribution is 0.451. The van der Waals surface area contributed by atoms with Gasteiger partial charge in [0.25, 0.3) is 0 Å². The Labute approximate surface area is 131 Å². The second-order valence-electron chi connectivity index (χ2n) is 5.11. The molecule has 1 saturated carbocycles. The Morgan fingerprint density at radius 3 is 2.65 bits per heavy atom. The van der Waals surface area contributed by atoms with Gasteiger partial charge in [0.05, 0.1) is 4.47 Å². The number of benzene rings is 1. The van der Waals surface area contributed by atoms with Crippen molar-refractivity contribution in [2.24, 2.45) is 0 Å². The predicted octanol–water partition coefficient (Wildman–Crippen LogP) is 5.18. The molecule has 1 fully saturated rings. The first-order chi connectivity index (χ1) is 9.54. The topological polar surface area (TPSA) is 35.0 Å². The van der Waals surface area contributed by atoms with Gasteiger partial charge in [-0.3, -0.25) is 0 Å². The van der Waals surface area contributed by atoms with Gasteiger partial charge in [0, 0.05) is 11.5 Å². The first-order valence-electron chi connectivity index (χ1n) is 6.52. The molecule has 0 bridgehead atoms. The van der Waals surface area contributed by atoms with E-state index in [0.29, 0.717) is 17.0 Å². The third-order valence-corrected chi connectivity index (χ3v) is 4.28. The average Bonchev–Trinajstić information content (AvgIpc) is 3.22. The lowest BCUT2D eigenvalue weighted by Crippen LogP contribution is -2.00. The van der Waals surface area contributed by atoms with Crippen LogP contribution >= 0.6 is 27.5 Å². The van der Waals surface area contributed by atoms with Crippen LogP contribution in [0.5, 0.6) is 11.6 Å². The van der Waals surface area contributed by atoms with Crippen LogP contribution in [0, 0.1) is 13.8 Å². The van der Waals surface area contributed by atoms with E-state index in [0.717, 1.165) is 34.5 Å². The van der Waals surface area contributed by atoms with Gasteiger partial charge in [-0.1, -0.05) is 17.7 Å². The summed E-state index contributed by atoms with van der Waals surface area (Å²) in [4.78, 5) is 8.85. The van der Waals surface area contributed by atoms with Gasteiger partial charge in [0.15, 0.2) is 0 Å². The Bertz CT molecular complexity index is 671. The van der Waals surface area contributed by atoms with Crippen molar-refractivity contribution in [1.29, 1.82) is 0 Å². The monoisotopic (exact) mass is 352 g/mol. The molecule has 3 nitrogen and oxygen atoms in total. The maximum absolute atomic E-state index is 6.18. The molecule has 2 aromatic rings. The zero-order valence-corrected chi connectivity index (χ0v) is 13.6. The van der Waals surface area contributed by atoms with Gasteiger partial charge in [0.2, 0.25) is 5.88 Å². The molecule has 0 atom stereocenters. The van der Waals surface area contributed by atoms with E-state index in [4.69, 9.17) is 16.3 Å². The van der Waals surface area contributed by atoms with Crippen LogP contribution in [0.25, 0.3) is 0 Å². The predicted molar refractivity (Wildman–Crippen MR) is 82.7 cm³/mol. The lowest BCUT2D eigenvalue weighted by atomic mass is 10.2. The molecule has 0 radical (unpaired) electrons. The molecule has 1 heterocycles. The van der Waals surface area contributed by atoms with Gasteiger partial charge in [-0.2, -0.15) is 4.98 Å². The van der Waals surface area contributed by atoms with E-state index in [1.807, 2.05) is 32.0 Å². The maximum Gasteiger partial charge on any atom is 0.227 e. The summed E-state index contributed by atoms with van der Waals surface area (Å²) in [6.45, 7) is 3.91. The van der Waals surface area contributed by atoms with Crippen molar-refractivity contribution in [2.45, 2.75) is 32.6 Å². The zero-order chi connectivity index (χ0) is 14.3. The van der Waals surface area contributed by atoms with Crippen molar-refractivity contribution in [3.8, 4) is 11.6 Å². The van der Waals surface area contributed by atoms with Crippen LogP contribution < -0.4 is 4.74 Å². The van der Waals surface area contributed by atoms with E-state index < -0.39 is 0 Å². The molecule has 1 aliphatic carbocycles. The summed E-state index contributed by atoms with van der Waals surface area (Å²) in [5.74, 6) is 2.50. The first kappa shape index (κ1) is 13.8.